The fourth-order valence-corrected chi connectivity index (χ4v) is 2.43. The van der Waals surface area contributed by atoms with Gasteiger partial charge in [-0.2, -0.15) is 0 Å². The zero-order chi connectivity index (χ0) is 10.8. The first-order valence-electron chi connectivity index (χ1n) is 4.48. The Morgan fingerprint density at radius 3 is 2.80 bits per heavy atom. The lowest BCUT2D eigenvalue weighted by molar-refractivity contribution is 0.0966. The normalized spacial score (nSPS) is 10.5. The lowest BCUT2D eigenvalue weighted by Crippen LogP contribution is -2.02. The number of furan rings is 1. The van der Waals surface area contributed by atoms with Crippen LogP contribution in [0.2, 0.25) is 4.34 Å². The van der Waals surface area contributed by atoms with Crippen molar-refractivity contribution in [1.82, 2.24) is 0 Å². The van der Waals surface area contributed by atoms with E-state index in [1.807, 2.05) is 13.0 Å². The van der Waals surface area contributed by atoms with Crippen LogP contribution >= 0.6 is 22.9 Å². The molecule has 0 saturated carbocycles. The third-order valence-corrected chi connectivity index (χ3v) is 3.31. The van der Waals surface area contributed by atoms with Gasteiger partial charge < -0.3 is 4.42 Å². The van der Waals surface area contributed by atoms with Gasteiger partial charge in [0.05, 0.1) is 10.6 Å². The summed E-state index contributed by atoms with van der Waals surface area (Å²) >= 11 is 7.21. The largest absolute Gasteiger partial charge is 0.461 e. The summed E-state index contributed by atoms with van der Waals surface area (Å²) in [4.78, 5) is 12.7. The minimum Gasteiger partial charge on any atom is -0.461 e. The van der Waals surface area contributed by atoms with E-state index in [0.717, 1.165) is 10.4 Å². The highest BCUT2D eigenvalue weighted by molar-refractivity contribution is 7.16. The summed E-state index contributed by atoms with van der Waals surface area (Å²) in [5.74, 6) is 0.440. The van der Waals surface area contributed by atoms with E-state index >= 15 is 0 Å². The van der Waals surface area contributed by atoms with Crippen LogP contribution in [0, 0.1) is 6.92 Å². The van der Waals surface area contributed by atoms with Gasteiger partial charge in [0.1, 0.15) is 0 Å². The second kappa shape index (κ2) is 4.21. The number of hydrogen-bond donors (Lipinski definition) is 0. The van der Waals surface area contributed by atoms with Crippen LogP contribution in [0.5, 0.6) is 0 Å². The Morgan fingerprint density at radius 1 is 1.47 bits per heavy atom. The van der Waals surface area contributed by atoms with Crippen molar-refractivity contribution in [3.63, 3.8) is 0 Å². The molecule has 0 aliphatic heterocycles. The molecule has 0 aliphatic carbocycles. The summed E-state index contributed by atoms with van der Waals surface area (Å²) in [5, 5.41) is 0. The molecule has 0 radical (unpaired) electrons. The first kappa shape index (κ1) is 10.5. The molecule has 0 saturated heterocycles. The maximum Gasteiger partial charge on any atom is 0.203 e. The van der Waals surface area contributed by atoms with Crippen LogP contribution in [0.15, 0.2) is 28.9 Å². The Hall–Kier alpha value is -1.06. The Morgan fingerprint density at radius 2 is 2.27 bits per heavy atom. The number of rotatable bonds is 3. The molecule has 0 spiro atoms. The molecule has 0 atom stereocenters. The topological polar surface area (TPSA) is 30.2 Å². The summed E-state index contributed by atoms with van der Waals surface area (Å²) in [6.45, 7) is 1.86. The quantitative estimate of drug-likeness (QED) is 0.766. The second-order valence-electron chi connectivity index (χ2n) is 3.24. The lowest BCUT2D eigenvalue weighted by atomic mass is 10.1. The average Bonchev–Trinajstić information content (AvgIpc) is 2.75. The molecule has 0 bridgehead atoms. The number of hydrogen-bond acceptors (Lipinski definition) is 3. The third-order valence-electron chi connectivity index (χ3n) is 2.08. The van der Waals surface area contributed by atoms with E-state index in [1.54, 1.807) is 12.1 Å². The van der Waals surface area contributed by atoms with E-state index in [2.05, 4.69) is 0 Å². The summed E-state index contributed by atoms with van der Waals surface area (Å²) in [5.41, 5.74) is 0.877. The number of aryl methyl sites for hydroxylation is 1. The second-order valence-corrected chi connectivity index (χ2v) is 5.04. The molecule has 0 aliphatic rings. The molecule has 4 heteroatoms. The number of carbonyl (C=O) groups is 1. The maximum atomic E-state index is 11.8. The standard InChI is InChI=1S/C11H9ClO2S/c1-7-4-5-14-11(7)9(13)6-8-2-3-10(12)15-8/h2-5H,6H2,1H3. The minimum absolute atomic E-state index is 0.00369. The summed E-state index contributed by atoms with van der Waals surface area (Å²) in [6.07, 6.45) is 1.88. The first-order chi connectivity index (χ1) is 7.16. The monoisotopic (exact) mass is 240 g/mol. The van der Waals surface area contributed by atoms with Crippen molar-refractivity contribution in [2.45, 2.75) is 13.3 Å². The lowest BCUT2D eigenvalue weighted by Gasteiger charge is -1.95. The van der Waals surface area contributed by atoms with Gasteiger partial charge in [-0.05, 0) is 30.7 Å². The molecule has 15 heavy (non-hydrogen) atoms. The van der Waals surface area contributed by atoms with E-state index in [1.165, 1.54) is 17.6 Å². The van der Waals surface area contributed by atoms with Gasteiger partial charge >= 0.3 is 0 Å². The molecule has 0 amide bonds. The molecule has 0 N–H and O–H groups in total. The van der Waals surface area contributed by atoms with Crippen LogP contribution in [0.25, 0.3) is 0 Å². The van der Waals surface area contributed by atoms with Gasteiger partial charge in [-0.25, -0.2) is 0 Å². The van der Waals surface area contributed by atoms with Gasteiger partial charge in [-0.1, -0.05) is 11.6 Å². The first-order valence-corrected chi connectivity index (χ1v) is 5.68. The van der Waals surface area contributed by atoms with E-state index in [9.17, 15) is 4.79 Å². The molecule has 2 rings (SSSR count). The van der Waals surface area contributed by atoms with Gasteiger partial charge in [0, 0.05) is 11.3 Å². The molecule has 0 aromatic carbocycles. The van der Waals surface area contributed by atoms with Crippen LogP contribution in [-0.4, -0.2) is 5.78 Å². The van der Waals surface area contributed by atoms with Gasteiger partial charge in [0.15, 0.2) is 5.76 Å². The predicted molar refractivity (Wildman–Crippen MR) is 60.8 cm³/mol. The summed E-state index contributed by atoms with van der Waals surface area (Å²) < 4.78 is 5.83. The molecule has 2 aromatic rings. The number of thiophene rings is 1. The highest BCUT2D eigenvalue weighted by Gasteiger charge is 2.14. The molecule has 0 fully saturated rings. The fraction of sp³-hybridized carbons (Fsp3) is 0.182. The Balaban J connectivity index is 2.14. The predicted octanol–water partition coefficient (Wildman–Crippen LogP) is 3.73. The van der Waals surface area contributed by atoms with Crippen LogP contribution in [-0.2, 0) is 6.42 Å². The minimum atomic E-state index is -0.00369. The number of Topliss-reactive ketones (excluding diaryl/α,β-unsaturated/α-hetero) is 1. The fourth-order valence-electron chi connectivity index (χ4n) is 1.34. The molecular formula is C11H9ClO2S. The maximum absolute atomic E-state index is 11.8. The third kappa shape index (κ3) is 2.30. The van der Waals surface area contributed by atoms with Crippen molar-refractivity contribution in [1.29, 1.82) is 0 Å². The molecule has 2 heterocycles. The summed E-state index contributed by atoms with van der Waals surface area (Å²) in [6, 6.07) is 5.45. The van der Waals surface area contributed by atoms with Crippen LogP contribution in [0.4, 0.5) is 0 Å². The molecule has 2 nitrogen and oxygen atoms in total. The van der Waals surface area contributed by atoms with Crippen molar-refractivity contribution >= 4 is 28.7 Å². The summed E-state index contributed by atoms with van der Waals surface area (Å²) in [7, 11) is 0. The molecule has 78 valence electrons. The van der Waals surface area contributed by atoms with Crippen molar-refractivity contribution in [3.8, 4) is 0 Å². The van der Waals surface area contributed by atoms with Crippen LogP contribution < -0.4 is 0 Å². The SMILES string of the molecule is Cc1ccoc1C(=O)Cc1ccc(Cl)s1. The van der Waals surface area contributed by atoms with E-state index in [4.69, 9.17) is 16.0 Å². The van der Waals surface area contributed by atoms with Gasteiger partial charge in [0.25, 0.3) is 0 Å². The number of carbonyl (C=O) groups excluding carboxylic acids is 1. The van der Waals surface area contributed by atoms with Crippen LogP contribution in [0.3, 0.4) is 0 Å². The van der Waals surface area contributed by atoms with Gasteiger partial charge in [0.2, 0.25) is 5.78 Å². The molecule has 0 unspecified atom stereocenters. The van der Waals surface area contributed by atoms with Crippen molar-refractivity contribution in [2.75, 3.05) is 0 Å². The highest BCUT2D eigenvalue weighted by Crippen LogP contribution is 2.23. The van der Waals surface area contributed by atoms with E-state index in [0.29, 0.717) is 16.5 Å². The Labute approximate surface area is 96.5 Å². The van der Waals surface area contributed by atoms with Gasteiger partial charge in [-0.15, -0.1) is 11.3 Å². The Bertz CT molecular complexity index is 484. The molecule has 2 aromatic heterocycles. The number of ketones is 1. The Kier molecular flexibility index (Phi) is 2.93. The van der Waals surface area contributed by atoms with Gasteiger partial charge in [-0.3, -0.25) is 4.79 Å². The van der Waals surface area contributed by atoms with Crippen molar-refractivity contribution in [2.24, 2.45) is 0 Å². The average molecular weight is 241 g/mol. The zero-order valence-corrected chi connectivity index (χ0v) is 9.69. The number of halogens is 1. The van der Waals surface area contributed by atoms with Crippen molar-refractivity contribution < 1.29 is 9.21 Å². The highest BCUT2D eigenvalue weighted by atomic mass is 35.5. The van der Waals surface area contributed by atoms with Crippen LogP contribution in [0.1, 0.15) is 21.0 Å². The van der Waals surface area contributed by atoms with E-state index in [-0.39, 0.29) is 5.78 Å². The van der Waals surface area contributed by atoms with E-state index < -0.39 is 0 Å². The smallest absolute Gasteiger partial charge is 0.203 e. The molecular weight excluding hydrogens is 232 g/mol. The zero-order valence-electron chi connectivity index (χ0n) is 8.12. The van der Waals surface area contributed by atoms with Crippen molar-refractivity contribution in [3.05, 3.63) is 45.0 Å².